The number of halogens is 5. The normalized spacial score (nSPS) is 11.3. The van der Waals surface area contributed by atoms with E-state index in [2.05, 4.69) is 22.0 Å². The predicted molar refractivity (Wildman–Crippen MR) is 149 cm³/mol. The SMILES string of the molecule is CCCCCCCCCCCCCCCC[n+]1ccc(C(=O)NN=Cc2ccc(F)cc2)cc1.F[B-](F)(F)F. The Morgan fingerprint density at radius 3 is 1.67 bits per heavy atom. The van der Waals surface area contributed by atoms with Crippen LogP contribution >= 0.6 is 0 Å². The fraction of sp³-hybridized carbons (Fsp3) is 0.552. The van der Waals surface area contributed by atoms with Crippen LogP contribution in [0.25, 0.3) is 0 Å². The number of carbonyl (C=O) groups is 1. The number of hydrogen-bond donors (Lipinski definition) is 1. The number of unbranched alkanes of at least 4 members (excludes halogenated alkanes) is 13. The molecule has 0 aliphatic heterocycles. The van der Waals surface area contributed by atoms with Crippen molar-refractivity contribution in [2.24, 2.45) is 5.10 Å². The molecule has 39 heavy (non-hydrogen) atoms. The van der Waals surface area contributed by atoms with Gasteiger partial charge in [0.15, 0.2) is 12.4 Å². The maximum absolute atomic E-state index is 12.9. The standard InChI is InChI=1S/C29H42FN3O.BF4/c1-2-3-4-5-6-7-8-9-10-11-12-13-14-15-22-33-23-20-27(21-24-33)29(34)32-31-25-26-16-18-28(30)19-17-26;2-1(3,4)5/h16-21,23-25H,2-15,22H2,1H3;/q;-1/p+1. The third-order valence-electron chi connectivity index (χ3n) is 6.17. The smallest absolute Gasteiger partial charge is 0.418 e. The molecule has 1 heterocycles. The van der Waals surface area contributed by atoms with Gasteiger partial charge in [0.1, 0.15) is 12.4 Å². The number of hydrogen-bond acceptors (Lipinski definition) is 2. The lowest BCUT2D eigenvalue weighted by Crippen LogP contribution is -2.33. The van der Waals surface area contributed by atoms with Gasteiger partial charge in [-0.1, -0.05) is 96.1 Å². The zero-order valence-corrected chi connectivity index (χ0v) is 23.1. The summed E-state index contributed by atoms with van der Waals surface area (Å²) in [6, 6.07) is 9.55. The van der Waals surface area contributed by atoms with E-state index in [-0.39, 0.29) is 11.7 Å². The molecule has 0 atom stereocenters. The number of carbonyl (C=O) groups excluding carboxylic acids is 1. The third-order valence-corrected chi connectivity index (χ3v) is 6.17. The molecule has 0 radical (unpaired) electrons. The average molecular weight is 555 g/mol. The van der Waals surface area contributed by atoms with Crippen molar-refractivity contribution >= 4 is 19.4 Å². The van der Waals surface area contributed by atoms with Crippen molar-refractivity contribution in [3.63, 3.8) is 0 Å². The van der Waals surface area contributed by atoms with Crippen molar-refractivity contribution in [3.05, 3.63) is 65.7 Å². The second-order valence-electron chi connectivity index (χ2n) is 9.67. The van der Waals surface area contributed by atoms with E-state index in [0.29, 0.717) is 5.56 Å². The molecule has 0 saturated heterocycles. The van der Waals surface area contributed by atoms with Gasteiger partial charge < -0.3 is 17.3 Å². The molecule has 1 aromatic carbocycles. The number of amides is 1. The highest BCUT2D eigenvalue weighted by molar-refractivity contribution is 6.50. The minimum absolute atomic E-state index is 0.262. The van der Waals surface area contributed by atoms with E-state index in [1.54, 1.807) is 12.1 Å². The first-order valence-electron chi connectivity index (χ1n) is 14.1. The highest BCUT2D eigenvalue weighted by atomic mass is 19.5. The van der Waals surface area contributed by atoms with Gasteiger partial charge >= 0.3 is 7.25 Å². The maximum Gasteiger partial charge on any atom is 0.673 e. The Bertz CT molecular complexity index is 916. The number of aryl methyl sites for hydroxylation is 1. The molecule has 10 heteroatoms. The van der Waals surface area contributed by atoms with Gasteiger partial charge in [-0.15, -0.1) is 0 Å². The lowest BCUT2D eigenvalue weighted by Gasteiger charge is -2.03. The van der Waals surface area contributed by atoms with Gasteiger partial charge in [0.05, 0.1) is 11.8 Å². The van der Waals surface area contributed by atoms with Gasteiger partial charge in [0.2, 0.25) is 0 Å². The zero-order chi connectivity index (χ0) is 28.8. The lowest BCUT2D eigenvalue weighted by molar-refractivity contribution is -0.697. The van der Waals surface area contributed by atoms with Crippen molar-refractivity contribution in [2.75, 3.05) is 0 Å². The highest BCUT2D eigenvalue weighted by Gasteiger charge is 2.20. The van der Waals surface area contributed by atoms with Crippen LogP contribution in [0.15, 0.2) is 53.9 Å². The Kier molecular flexibility index (Phi) is 18.5. The molecule has 1 aromatic heterocycles. The summed E-state index contributed by atoms with van der Waals surface area (Å²) in [6.45, 7) is 3.25. The Morgan fingerprint density at radius 1 is 0.769 bits per heavy atom. The number of rotatable bonds is 18. The van der Waals surface area contributed by atoms with Crippen molar-refractivity contribution in [1.82, 2.24) is 5.43 Å². The van der Waals surface area contributed by atoms with Crippen LogP contribution in [0, 0.1) is 5.82 Å². The molecule has 0 aliphatic carbocycles. The lowest BCUT2D eigenvalue weighted by atomic mass is 10.0. The topological polar surface area (TPSA) is 45.3 Å². The molecule has 2 rings (SSSR count). The van der Waals surface area contributed by atoms with Gasteiger partial charge in [0, 0.05) is 18.6 Å². The largest absolute Gasteiger partial charge is 0.673 e. The molecule has 1 N–H and O–H groups in total. The molecule has 0 unspecified atom stereocenters. The van der Waals surface area contributed by atoms with Crippen LogP contribution in [-0.4, -0.2) is 19.4 Å². The average Bonchev–Trinajstić information content (AvgIpc) is 2.89. The number of aromatic nitrogens is 1. The minimum atomic E-state index is -6.00. The van der Waals surface area contributed by atoms with Crippen LogP contribution in [0.1, 0.15) is 113 Å². The molecule has 0 saturated carbocycles. The van der Waals surface area contributed by atoms with E-state index in [0.717, 1.165) is 18.5 Å². The monoisotopic (exact) mass is 555 g/mol. The second-order valence-corrected chi connectivity index (χ2v) is 9.67. The molecular weight excluding hydrogens is 512 g/mol. The second kappa shape index (κ2) is 21.1. The van der Waals surface area contributed by atoms with E-state index in [1.807, 2.05) is 24.5 Å². The summed E-state index contributed by atoms with van der Waals surface area (Å²) < 4.78 is 54.0. The fourth-order valence-electron chi connectivity index (χ4n) is 4.03. The van der Waals surface area contributed by atoms with E-state index in [4.69, 9.17) is 0 Å². The summed E-state index contributed by atoms with van der Waals surface area (Å²) in [4.78, 5) is 12.2. The Morgan fingerprint density at radius 2 is 1.21 bits per heavy atom. The molecule has 0 bridgehead atoms. The number of nitrogens with zero attached hydrogens (tertiary/aromatic N) is 2. The van der Waals surface area contributed by atoms with E-state index in [1.165, 1.54) is 102 Å². The van der Waals surface area contributed by atoms with Crippen LogP contribution in [0.2, 0.25) is 0 Å². The van der Waals surface area contributed by atoms with Crippen molar-refractivity contribution < 1.29 is 31.0 Å². The quantitative estimate of drug-likeness (QED) is 0.0491. The molecular formula is C29H43BF5N3O. The number of pyridine rings is 1. The zero-order valence-electron chi connectivity index (χ0n) is 23.1. The molecule has 0 fully saturated rings. The minimum Gasteiger partial charge on any atom is -0.418 e. The van der Waals surface area contributed by atoms with Gasteiger partial charge in [0.25, 0.3) is 5.91 Å². The molecule has 4 nitrogen and oxygen atoms in total. The van der Waals surface area contributed by atoms with Crippen LogP contribution < -0.4 is 9.99 Å². The summed E-state index contributed by atoms with van der Waals surface area (Å²) in [5, 5.41) is 3.94. The first-order valence-corrected chi connectivity index (χ1v) is 14.1. The molecule has 2 aromatic rings. The summed E-state index contributed by atoms with van der Waals surface area (Å²) in [6.07, 6.45) is 24.5. The Labute approximate surface area is 230 Å². The summed E-state index contributed by atoms with van der Waals surface area (Å²) in [5.41, 5.74) is 3.79. The van der Waals surface area contributed by atoms with Crippen molar-refractivity contribution in [2.45, 2.75) is 103 Å². The van der Waals surface area contributed by atoms with Crippen LogP contribution in [0.4, 0.5) is 21.7 Å². The van der Waals surface area contributed by atoms with E-state index >= 15 is 0 Å². The molecule has 0 spiro atoms. The highest BCUT2D eigenvalue weighted by Crippen LogP contribution is 2.13. The number of hydrazone groups is 1. The third kappa shape index (κ3) is 20.8. The first-order chi connectivity index (χ1) is 18.7. The summed E-state index contributed by atoms with van der Waals surface area (Å²) >= 11 is 0. The van der Waals surface area contributed by atoms with Gasteiger partial charge in [-0.3, -0.25) is 4.79 Å². The predicted octanol–water partition coefficient (Wildman–Crippen LogP) is 8.66. The van der Waals surface area contributed by atoms with Crippen LogP contribution in [0.3, 0.4) is 0 Å². The summed E-state index contributed by atoms with van der Waals surface area (Å²) in [7, 11) is -6.00. The van der Waals surface area contributed by atoms with Crippen molar-refractivity contribution in [3.8, 4) is 0 Å². The number of benzene rings is 1. The van der Waals surface area contributed by atoms with Crippen LogP contribution in [0.5, 0.6) is 0 Å². The fourth-order valence-corrected chi connectivity index (χ4v) is 4.03. The van der Waals surface area contributed by atoms with Crippen LogP contribution in [-0.2, 0) is 6.54 Å². The van der Waals surface area contributed by atoms with Gasteiger partial charge in [-0.25, -0.2) is 14.4 Å². The maximum atomic E-state index is 12.9. The van der Waals surface area contributed by atoms with Crippen molar-refractivity contribution in [1.29, 1.82) is 0 Å². The first kappa shape index (κ1) is 34.3. The van der Waals surface area contributed by atoms with E-state index < -0.39 is 7.25 Å². The molecule has 218 valence electrons. The Balaban J connectivity index is 0.00000139. The van der Waals surface area contributed by atoms with Gasteiger partial charge in [-0.2, -0.15) is 5.10 Å². The summed E-state index contributed by atoms with van der Waals surface area (Å²) in [5.74, 6) is -0.560. The Hall–Kier alpha value is -2.78. The van der Waals surface area contributed by atoms with Gasteiger partial charge in [-0.05, 0) is 24.1 Å². The number of nitrogens with one attached hydrogen (secondary N) is 1. The molecule has 1 amide bonds. The molecule has 0 aliphatic rings. The van der Waals surface area contributed by atoms with E-state index in [9.17, 15) is 26.4 Å².